The molecule has 0 saturated carbocycles. The highest BCUT2D eigenvalue weighted by atomic mass is 32.2. The SMILES string of the molecule is CC(C)=CCC/C(C)=C/CC/C(C)=C/CSCC(NC(=O)CCC(=O)O)C(=O)NO.[F-]. The maximum absolute atomic E-state index is 11.7. The van der Waals surface area contributed by atoms with Crippen LogP contribution in [0.1, 0.15) is 66.2 Å². The highest BCUT2D eigenvalue weighted by molar-refractivity contribution is 7.99. The number of hydrogen-bond donors (Lipinski definition) is 4. The van der Waals surface area contributed by atoms with Gasteiger partial charge in [-0.2, -0.15) is 11.8 Å². The molecule has 0 aromatic heterocycles. The van der Waals surface area contributed by atoms with Crippen LogP contribution < -0.4 is 15.5 Å². The number of nitrogens with one attached hydrogen (secondary N) is 2. The Labute approximate surface area is 188 Å². The third-order valence-electron chi connectivity index (χ3n) is 4.28. The van der Waals surface area contributed by atoms with Gasteiger partial charge in [-0.25, -0.2) is 5.48 Å². The van der Waals surface area contributed by atoms with Gasteiger partial charge in [0.1, 0.15) is 6.04 Å². The van der Waals surface area contributed by atoms with Crippen molar-refractivity contribution in [3.63, 3.8) is 0 Å². The Morgan fingerprint density at radius 1 is 0.903 bits per heavy atom. The van der Waals surface area contributed by atoms with E-state index < -0.39 is 23.8 Å². The maximum atomic E-state index is 11.7. The first-order valence-corrected chi connectivity index (χ1v) is 11.3. The van der Waals surface area contributed by atoms with Gasteiger partial charge in [0.2, 0.25) is 5.91 Å². The summed E-state index contributed by atoms with van der Waals surface area (Å²) in [6.07, 6.45) is 10.2. The van der Waals surface area contributed by atoms with Gasteiger partial charge in [-0.15, -0.1) is 0 Å². The van der Waals surface area contributed by atoms with Crippen molar-refractivity contribution >= 4 is 29.5 Å². The van der Waals surface area contributed by atoms with Crippen LogP contribution in [0, 0.1) is 0 Å². The van der Waals surface area contributed by atoms with Crippen molar-refractivity contribution in [1.82, 2.24) is 10.8 Å². The van der Waals surface area contributed by atoms with Gasteiger partial charge in [0.15, 0.2) is 0 Å². The van der Waals surface area contributed by atoms with Crippen LogP contribution in [0.2, 0.25) is 0 Å². The maximum Gasteiger partial charge on any atom is 0.303 e. The highest BCUT2D eigenvalue weighted by Crippen LogP contribution is 2.13. The third-order valence-corrected chi connectivity index (χ3v) is 5.26. The second-order valence-electron chi connectivity index (χ2n) is 7.49. The lowest BCUT2D eigenvalue weighted by atomic mass is 10.1. The van der Waals surface area contributed by atoms with E-state index in [0.29, 0.717) is 5.75 Å². The Kier molecular flexibility index (Phi) is 18.7. The molecule has 4 N–H and O–H groups in total. The molecule has 0 rings (SSSR count). The molecule has 7 nitrogen and oxygen atoms in total. The molecule has 1 atom stereocenters. The Morgan fingerprint density at radius 2 is 1.48 bits per heavy atom. The molecule has 0 radical (unpaired) electrons. The van der Waals surface area contributed by atoms with Crippen molar-refractivity contribution < 1.29 is 29.4 Å². The van der Waals surface area contributed by atoms with E-state index in [1.807, 2.05) is 0 Å². The molecule has 0 aliphatic carbocycles. The summed E-state index contributed by atoms with van der Waals surface area (Å²) in [5, 5.41) is 19.9. The molecule has 0 aromatic carbocycles. The number of carbonyl (C=O) groups is 3. The Morgan fingerprint density at radius 3 is 2.03 bits per heavy atom. The number of thioether (sulfide) groups is 1. The van der Waals surface area contributed by atoms with Gasteiger partial charge in [-0.3, -0.25) is 19.6 Å². The summed E-state index contributed by atoms with van der Waals surface area (Å²) in [5.41, 5.74) is 5.53. The van der Waals surface area contributed by atoms with E-state index in [0.717, 1.165) is 25.7 Å². The lowest BCUT2D eigenvalue weighted by Gasteiger charge is -2.16. The number of rotatable bonds is 15. The number of carboxylic acids is 1. The number of halogens is 1. The Hall–Kier alpha value is -2.13. The van der Waals surface area contributed by atoms with Gasteiger partial charge in [0.05, 0.1) is 6.42 Å². The number of hydrogen-bond acceptors (Lipinski definition) is 5. The molecule has 0 bridgehead atoms. The van der Waals surface area contributed by atoms with Crippen LogP contribution in [0.5, 0.6) is 0 Å². The van der Waals surface area contributed by atoms with E-state index in [-0.39, 0.29) is 23.3 Å². The van der Waals surface area contributed by atoms with Gasteiger partial charge in [0, 0.05) is 17.9 Å². The fourth-order valence-electron chi connectivity index (χ4n) is 2.47. The summed E-state index contributed by atoms with van der Waals surface area (Å²) >= 11 is 1.45. The van der Waals surface area contributed by atoms with Gasteiger partial charge < -0.3 is 15.1 Å². The molecule has 0 aromatic rings. The zero-order valence-corrected chi connectivity index (χ0v) is 19.7. The zero-order chi connectivity index (χ0) is 22.9. The van der Waals surface area contributed by atoms with Crippen LogP contribution in [0.15, 0.2) is 34.9 Å². The van der Waals surface area contributed by atoms with Crippen LogP contribution in [-0.2, 0) is 14.4 Å². The second kappa shape index (κ2) is 18.6. The van der Waals surface area contributed by atoms with Crippen LogP contribution in [0.4, 0.5) is 0 Å². The molecule has 0 heterocycles. The topological polar surface area (TPSA) is 116 Å². The predicted molar refractivity (Wildman–Crippen MR) is 121 cm³/mol. The monoisotopic (exact) mass is 459 g/mol. The smallest absolute Gasteiger partial charge is 0.303 e. The molecular formula is C22H36FN2O5S-. The Balaban J connectivity index is 0. The average molecular weight is 460 g/mol. The summed E-state index contributed by atoms with van der Waals surface area (Å²) in [7, 11) is 0. The lowest BCUT2D eigenvalue weighted by molar-refractivity contribution is -0.139. The molecule has 0 spiro atoms. The number of amides is 2. The normalized spacial score (nSPS) is 12.4. The number of allylic oxidation sites excluding steroid dienone is 5. The van der Waals surface area contributed by atoms with Crippen LogP contribution in [0.3, 0.4) is 0 Å². The standard InChI is InChI=1S/C22H36N2O5S.FH/c1-16(2)7-5-8-17(3)9-6-10-18(4)13-14-30-15-19(22(28)24-29)23-20(25)11-12-21(26)27;/h7,9,13,19,29H,5-6,8,10-12,14-15H2,1-4H3,(H,23,25)(H,24,28)(H,26,27);1H/p-1/b17-9+,18-13+;. The van der Waals surface area contributed by atoms with E-state index in [4.69, 9.17) is 10.3 Å². The first-order chi connectivity index (χ1) is 14.1. The molecule has 9 heteroatoms. The van der Waals surface area contributed by atoms with Crippen LogP contribution in [0.25, 0.3) is 0 Å². The third kappa shape index (κ3) is 18.4. The molecule has 1 unspecified atom stereocenters. The zero-order valence-electron chi connectivity index (χ0n) is 18.9. The molecule has 0 saturated heterocycles. The molecule has 0 aliphatic rings. The summed E-state index contributed by atoms with van der Waals surface area (Å²) < 4.78 is 0. The van der Waals surface area contributed by atoms with Crippen molar-refractivity contribution in [2.24, 2.45) is 0 Å². The van der Waals surface area contributed by atoms with Crippen LogP contribution in [-0.4, -0.2) is 45.6 Å². The van der Waals surface area contributed by atoms with Crippen molar-refractivity contribution in [3.05, 3.63) is 34.9 Å². The van der Waals surface area contributed by atoms with Crippen molar-refractivity contribution in [1.29, 1.82) is 0 Å². The first kappa shape index (κ1) is 31.1. The largest absolute Gasteiger partial charge is 1.00 e. The van der Waals surface area contributed by atoms with Crippen LogP contribution >= 0.6 is 11.8 Å². The van der Waals surface area contributed by atoms with Gasteiger partial charge in [-0.1, -0.05) is 34.9 Å². The minimum Gasteiger partial charge on any atom is -1.00 e. The minimum atomic E-state index is -1.08. The predicted octanol–water partition coefficient (Wildman–Crippen LogP) is 0.998. The van der Waals surface area contributed by atoms with Crippen molar-refractivity contribution in [2.45, 2.75) is 72.3 Å². The molecule has 0 aliphatic heterocycles. The summed E-state index contributed by atoms with van der Waals surface area (Å²) in [4.78, 5) is 33.9. The number of hydroxylamine groups is 1. The summed E-state index contributed by atoms with van der Waals surface area (Å²) in [6, 6.07) is -0.915. The number of carboxylic acid groups (broad SMARTS) is 1. The molecule has 178 valence electrons. The fourth-order valence-corrected chi connectivity index (χ4v) is 3.48. The van der Waals surface area contributed by atoms with Gasteiger partial charge >= 0.3 is 5.97 Å². The van der Waals surface area contributed by atoms with E-state index in [1.165, 1.54) is 34.0 Å². The van der Waals surface area contributed by atoms with E-state index in [1.54, 1.807) is 0 Å². The van der Waals surface area contributed by atoms with Gasteiger partial charge in [-0.05, 0) is 53.4 Å². The fraction of sp³-hybridized carbons (Fsp3) is 0.591. The number of carbonyl (C=O) groups excluding carboxylic acids is 2. The minimum absolute atomic E-state index is 0. The molecule has 0 fully saturated rings. The first-order valence-electron chi connectivity index (χ1n) is 10.1. The molecular weight excluding hydrogens is 423 g/mol. The van der Waals surface area contributed by atoms with Crippen molar-refractivity contribution in [2.75, 3.05) is 11.5 Å². The van der Waals surface area contributed by atoms with Gasteiger partial charge in [0.25, 0.3) is 5.91 Å². The summed E-state index contributed by atoms with van der Waals surface area (Å²) in [5.74, 6) is -1.39. The number of aliphatic carboxylic acids is 1. The quantitative estimate of drug-likeness (QED) is 0.126. The average Bonchev–Trinajstić information content (AvgIpc) is 2.67. The highest BCUT2D eigenvalue weighted by Gasteiger charge is 2.20. The summed E-state index contributed by atoms with van der Waals surface area (Å²) in [6.45, 7) is 8.44. The molecule has 31 heavy (non-hydrogen) atoms. The van der Waals surface area contributed by atoms with E-state index >= 15 is 0 Å². The second-order valence-corrected chi connectivity index (χ2v) is 8.56. The lowest BCUT2D eigenvalue weighted by Crippen LogP contribution is -3.00. The van der Waals surface area contributed by atoms with E-state index in [2.05, 4.69) is 51.2 Å². The Bertz CT molecular complexity index is 658. The van der Waals surface area contributed by atoms with Crippen molar-refractivity contribution in [3.8, 4) is 0 Å². The molecule has 2 amide bonds. The van der Waals surface area contributed by atoms with E-state index in [9.17, 15) is 14.4 Å².